The van der Waals surface area contributed by atoms with E-state index in [0.717, 1.165) is 6.42 Å². The Labute approximate surface area is 187 Å². The SMILES string of the molecule is NC(=O)C12CC3CC(CC(O)(C3)C1)C2OC(=O)C1CCN(S(=O)(=O)c2ccccn2)CC1. The summed E-state index contributed by atoms with van der Waals surface area (Å²) in [5, 5.41) is 10.9. The van der Waals surface area contributed by atoms with Gasteiger partial charge in [-0.1, -0.05) is 6.07 Å². The van der Waals surface area contributed by atoms with Crippen LogP contribution in [0.3, 0.4) is 0 Å². The van der Waals surface area contributed by atoms with Crippen molar-refractivity contribution in [3.8, 4) is 0 Å². The van der Waals surface area contributed by atoms with Gasteiger partial charge < -0.3 is 15.6 Å². The summed E-state index contributed by atoms with van der Waals surface area (Å²) in [6.07, 6.45) is 4.36. The van der Waals surface area contributed by atoms with Gasteiger partial charge in [0.25, 0.3) is 10.0 Å². The molecule has 5 atom stereocenters. The van der Waals surface area contributed by atoms with Gasteiger partial charge in [-0.05, 0) is 63.0 Å². The number of hydrogen-bond donors (Lipinski definition) is 2. The second-order valence-corrected chi connectivity index (χ2v) is 12.0. The highest BCUT2D eigenvalue weighted by Crippen LogP contribution is 2.62. The van der Waals surface area contributed by atoms with Gasteiger partial charge in [0.1, 0.15) is 6.10 Å². The van der Waals surface area contributed by atoms with Crippen molar-refractivity contribution < 1.29 is 27.9 Å². The van der Waals surface area contributed by atoms with Crippen molar-refractivity contribution in [3.63, 3.8) is 0 Å². The minimum Gasteiger partial charge on any atom is -0.461 e. The number of sulfonamides is 1. The zero-order valence-corrected chi connectivity index (χ0v) is 18.7. The molecule has 0 radical (unpaired) electrons. The van der Waals surface area contributed by atoms with Crippen LogP contribution in [-0.4, -0.2) is 59.5 Å². The summed E-state index contributed by atoms with van der Waals surface area (Å²) >= 11 is 0. The molecule has 5 fully saturated rings. The molecule has 4 saturated carbocycles. The third-order valence-corrected chi connectivity index (χ3v) is 9.80. The van der Waals surface area contributed by atoms with Crippen LogP contribution in [0.5, 0.6) is 0 Å². The lowest BCUT2D eigenvalue weighted by molar-refractivity contribution is -0.230. The van der Waals surface area contributed by atoms with Crippen LogP contribution in [0, 0.1) is 23.2 Å². The summed E-state index contributed by atoms with van der Waals surface area (Å²) in [6.45, 7) is 0.408. The van der Waals surface area contributed by atoms with Crippen LogP contribution in [0.15, 0.2) is 29.4 Å². The zero-order chi connectivity index (χ0) is 22.7. The summed E-state index contributed by atoms with van der Waals surface area (Å²) in [5.41, 5.74) is 3.90. The molecular weight excluding hydrogens is 434 g/mol. The number of nitrogens with zero attached hydrogens (tertiary/aromatic N) is 2. The van der Waals surface area contributed by atoms with Crippen LogP contribution in [0.4, 0.5) is 0 Å². The normalized spacial score (nSPS) is 37.3. The largest absolute Gasteiger partial charge is 0.461 e. The molecule has 4 aliphatic carbocycles. The van der Waals surface area contributed by atoms with Crippen LogP contribution < -0.4 is 5.73 Å². The van der Waals surface area contributed by atoms with E-state index < -0.39 is 44.9 Å². The average molecular weight is 464 g/mol. The van der Waals surface area contributed by atoms with Gasteiger partial charge in [-0.15, -0.1) is 0 Å². The first-order valence-electron chi connectivity index (χ1n) is 11.3. The molecule has 1 saturated heterocycles. The van der Waals surface area contributed by atoms with E-state index in [-0.39, 0.29) is 36.4 Å². The lowest BCUT2D eigenvalue weighted by Crippen LogP contribution is -2.67. The van der Waals surface area contributed by atoms with E-state index in [9.17, 15) is 23.1 Å². The number of hydrogen-bond acceptors (Lipinski definition) is 7. The maximum atomic E-state index is 13.0. The highest BCUT2D eigenvalue weighted by Gasteiger charge is 2.66. The van der Waals surface area contributed by atoms with Crippen molar-refractivity contribution in [1.29, 1.82) is 0 Å². The summed E-state index contributed by atoms with van der Waals surface area (Å²) in [4.78, 5) is 29.5. The van der Waals surface area contributed by atoms with E-state index in [0.29, 0.717) is 32.1 Å². The molecule has 1 amide bonds. The van der Waals surface area contributed by atoms with Gasteiger partial charge in [-0.3, -0.25) is 9.59 Å². The Morgan fingerprint density at radius 1 is 1.19 bits per heavy atom. The Morgan fingerprint density at radius 2 is 1.94 bits per heavy atom. The third kappa shape index (κ3) is 3.43. The van der Waals surface area contributed by atoms with Crippen molar-refractivity contribution >= 4 is 21.9 Å². The van der Waals surface area contributed by atoms with Crippen molar-refractivity contribution in [2.45, 2.75) is 61.7 Å². The van der Waals surface area contributed by atoms with Crippen molar-refractivity contribution in [3.05, 3.63) is 24.4 Å². The van der Waals surface area contributed by atoms with Gasteiger partial charge in [0.15, 0.2) is 5.03 Å². The summed E-state index contributed by atoms with van der Waals surface area (Å²) in [7, 11) is -3.70. The summed E-state index contributed by atoms with van der Waals surface area (Å²) in [5.74, 6) is -1.17. The molecule has 1 aromatic rings. The second kappa shape index (κ2) is 7.50. The molecule has 1 aromatic heterocycles. The molecule has 10 heteroatoms. The Kier molecular flexibility index (Phi) is 5.10. The molecule has 4 bridgehead atoms. The fourth-order valence-corrected chi connectivity index (χ4v) is 8.20. The molecule has 174 valence electrons. The van der Waals surface area contributed by atoms with E-state index in [1.165, 1.54) is 16.6 Å². The Hall–Kier alpha value is -2.04. The summed E-state index contributed by atoms with van der Waals surface area (Å²) < 4.78 is 32.8. The molecule has 6 rings (SSSR count). The van der Waals surface area contributed by atoms with E-state index in [1.54, 1.807) is 12.1 Å². The number of amides is 1. The lowest BCUT2D eigenvalue weighted by Gasteiger charge is -2.61. The predicted octanol–water partition coefficient (Wildman–Crippen LogP) is 0.821. The highest BCUT2D eigenvalue weighted by atomic mass is 32.2. The first kappa shape index (κ1) is 21.8. The average Bonchev–Trinajstić information content (AvgIpc) is 2.75. The summed E-state index contributed by atoms with van der Waals surface area (Å²) in [6, 6.07) is 4.74. The number of pyridine rings is 1. The number of ether oxygens (including phenoxy) is 1. The fourth-order valence-electron chi connectivity index (χ4n) is 6.80. The Morgan fingerprint density at radius 3 is 2.56 bits per heavy atom. The predicted molar refractivity (Wildman–Crippen MR) is 112 cm³/mol. The Bertz CT molecular complexity index is 1030. The van der Waals surface area contributed by atoms with Crippen molar-refractivity contribution in [1.82, 2.24) is 9.29 Å². The quantitative estimate of drug-likeness (QED) is 0.616. The topological polar surface area (TPSA) is 140 Å². The molecule has 5 aliphatic rings. The molecule has 9 nitrogen and oxygen atoms in total. The smallest absolute Gasteiger partial charge is 0.309 e. The minimum atomic E-state index is -3.70. The van der Waals surface area contributed by atoms with Gasteiger partial charge >= 0.3 is 5.97 Å². The number of aromatic nitrogens is 1. The molecule has 32 heavy (non-hydrogen) atoms. The van der Waals surface area contributed by atoms with E-state index >= 15 is 0 Å². The number of primary amides is 1. The van der Waals surface area contributed by atoms with Gasteiger partial charge in [0.2, 0.25) is 5.91 Å². The number of rotatable bonds is 5. The number of carbonyl (C=O) groups is 2. The number of piperidine rings is 1. The lowest BCUT2D eigenvalue weighted by atomic mass is 9.46. The molecule has 2 heterocycles. The standard InChI is InChI=1S/C22H29N3O6S/c23-20(27)22-11-14-9-16(12-21(28,10-14)13-22)18(22)31-19(26)15-4-7-25(8-5-15)32(29,30)17-3-1-2-6-24-17/h1-3,6,14-16,18,28H,4-5,7-13H2,(H2,23,27). The van der Waals surface area contributed by atoms with Gasteiger partial charge in [-0.2, -0.15) is 4.31 Å². The number of nitrogens with two attached hydrogens (primary N) is 1. The van der Waals surface area contributed by atoms with E-state index in [2.05, 4.69) is 4.98 Å². The monoisotopic (exact) mass is 463 g/mol. The van der Waals surface area contributed by atoms with Crippen molar-refractivity contribution in [2.24, 2.45) is 28.9 Å². The first-order valence-corrected chi connectivity index (χ1v) is 12.7. The van der Waals surface area contributed by atoms with Crippen LogP contribution >= 0.6 is 0 Å². The number of aliphatic hydroxyl groups is 1. The van der Waals surface area contributed by atoms with Crippen LogP contribution in [0.2, 0.25) is 0 Å². The molecule has 0 spiro atoms. The number of esters is 1. The van der Waals surface area contributed by atoms with Gasteiger partial charge in [-0.25, -0.2) is 13.4 Å². The molecule has 5 unspecified atom stereocenters. The molecule has 0 aromatic carbocycles. The van der Waals surface area contributed by atoms with Crippen LogP contribution in [0.25, 0.3) is 0 Å². The molecule has 1 aliphatic heterocycles. The van der Waals surface area contributed by atoms with Gasteiger partial charge in [0, 0.05) is 25.2 Å². The first-order chi connectivity index (χ1) is 15.1. The van der Waals surface area contributed by atoms with Crippen LogP contribution in [-0.2, 0) is 24.3 Å². The Balaban J connectivity index is 1.26. The molecule has 3 N–H and O–H groups in total. The minimum absolute atomic E-state index is 0.00375. The van der Waals surface area contributed by atoms with E-state index in [4.69, 9.17) is 10.5 Å². The molecular formula is C22H29N3O6S. The fraction of sp³-hybridized carbons (Fsp3) is 0.682. The second-order valence-electron chi connectivity index (χ2n) is 10.1. The van der Waals surface area contributed by atoms with Crippen molar-refractivity contribution in [2.75, 3.05) is 13.1 Å². The number of carbonyl (C=O) groups excluding carboxylic acids is 2. The third-order valence-electron chi connectivity index (χ3n) is 7.98. The van der Waals surface area contributed by atoms with Gasteiger partial charge in [0.05, 0.1) is 16.9 Å². The zero-order valence-electron chi connectivity index (χ0n) is 17.9. The van der Waals surface area contributed by atoms with Crippen LogP contribution in [0.1, 0.15) is 44.9 Å². The van der Waals surface area contributed by atoms with E-state index in [1.807, 2.05) is 0 Å². The highest BCUT2D eigenvalue weighted by molar-refractivity contribution is 7.89. The maximum absolute atomic E-state index is 13.0. The maximum Gasteiger partial charge on any atom is 0.309 e.